The zero-order valence-corrected chi connectivity index (χ0v) is 15.0. The fourth-order valence-electron chi connectivity index (χ4n) is 4.01. The van der Waals surface area contributed by atoms with Crippen LogP contribution >= 0.6 is 0 Å². The van der Waals surface area contributed by atoms with Crippen LogP contribution in [-0.4, -0.2) is 12.6 Å². The minimum Gasteiger partial charge on any atom is -0.465 e. The lowest BCUT2D eigenvalue weighted by Crippen LogP contribution is -2.25. The summed E-state index contributed by atoms with van der Waals surface area (Å²) in [4.78, 5) is 12.4. The zero-order valence-electron chi connectivity index (χ0n) is 15.0. The number of carbonyl (C=O) groups excluding carboxylic acids is 1. The normalized spacial score (nSPS) is 25.0. The van der Waals surface area contributed by atoms with Gasteiger partial charge in [0.1, 0.15) is 0 Å². The Hall–Kier alpha value is -1.83. The molecule has 128 valence electrons. The van der Waals surface area contributed by atoms with Crippen LogP contribution in [0.5, 0.6) is 0 Å². The molecule has 0 N–H and O–H groups in total. The molecule has 0 saturated heterocycles. The van der Waals surface area contributed by atoms with Crippen LogP contribution in [0.4, 0.5) is 0 Å². The summed E-state index contributed by atoms with van der Waals surface area (Å²) in [7, 11) is 0. The van der Waals surface area contributed by atoms with Gasteiger partial charge in [-0.25, -0.2) is 0 Å². The van der Waals surface area contributed by atoms with Crippen LogP contribution in [-0.2, 0) is 14.9 Å². The van der Waals surface area contributed by atoms with Crippen molar-refractivity contribution in [3.8, 4) is 0 Å². The molecule has 3 unspecified atom stereocenters. The summed E-state index contributed by atoms with van der Waals surface area (Å²) in [6.45, 7) is 10.8. The van der Waals surface area contributed by atoms with E-state index in [4.69, 9.17) is 4.74 Å². The van der Waals surface area contributed by atoms with Crippen molar-refractivity contribution < 1.29 is 9.53 Å². The maximum atomic E-state index is 12.4. The topological polar surface area (TPSA) is 26.3 Å². The van der Waals surface area contributed by atoms with E-state index in [1.54, 1.807) is 0 Å². The van der Waals surface area contributed by atoms with E-state index in [9.17, 15) is 4.79 Å². The smallest absolute Gasteiger partial charge is 0.306 e. The molecule has 1 saturated carbocycles. The molecule has 2 nitrogen and oxygen atoms in total. The summed E-state index contributed by atoms with van der Waals surface area (Å²) >= 11 is 0. The first-order chi connectivity index (χ1) is 11.3. The molecule has 1 aromatic carbocycles. The Bertz CT molecular complexity index is 668. The quantitative estimate of drug-likeness (QED) is 0.535. The van der Waals surface area contributed by atoms with Crippen LogP contribution < -0.4 is 0 Å². The lowest BCUT2D eigenvalue weighted by molar-refractivity contribution is -0.146. The molecular weight excluding hydrogens is 296 g/mol. The number of esters is 1. The Labute approximate surface area is 145 Å². The largest absolute Gasteiger partial charge is 0.465 e. The van der Waals surface area contributed by atoms with Gasteiger partial charge in [0.15, 0.2) is 0 Å². The first-order valence-electron chi connectivity index (χ1n) is 8.95. The SMILES string of the molecule is C=C(C)c1cccc(C(C)(C)CC(=O)OCC2CC3C=CC2C3)c1. The second kappa shape index (κ2) is 6.58. The maximum absolute atomic E-state index is 12.4. The fourth-order valence-corrected chi connectivity index (χ4v) is 4.01. The molecule has 0 aliphatic heterocycles. The molecule has 1 aromatic rings. The van der Waals surface area contributed by atoms with Crippen molar-refractivity contribution in [1.29, 1.82) is 0 Å². The number of rotatable bonds is 6. The molecular formula is C22H28O2. The predicted octanol–water partition coefficient (Wildman–Crippen LogP) is 5.14. The van der Waals surface area contributed by atoms with Crippen LogP contribution in [0.1, 0.15) is 51.2 Å². The highest BCUT2D eigenvalue weighted by atomic mass is 16.5. The van der Waals surface area contributed by atoms with Gasteiger partial charge >= 0.3 is 5.97 Å². The van der Waals surface area contributed by atoms with E-state index in [0.29, 0.717) is 24.9 Å². The van der Waals surface area contributed by atoms with Gasteiger partial charge < -0.3 is 4.74 Å². The molecule has 0 radical (unpaired) electrons. The number of carbonyl (C=O) groups is 1. The lowest BCUT2D eigenvalue weighted by atomic mass is 9.80. The van der Waals surface area contributed by atoms with Crippen molar-refractivity contribution in [2.45, 2.75) is 45.4 Å². The van der Waals surface area contributed by atoms with Crippen molar-refractivity contribution in [3.63, 3.8) is 0 Å². The van der Waals surface area contributed by atoms with E-state index in [2.05, 4.69) is 50.8 Å². The molecule has 2 heteroatoms. The van der Waals surface area contributed by atoms with Gasteiger partial charge in [0.2, 0.25) is 0 Å². The van der Waals surface area contributed by atoms with E-state index in [1.807, 2.05) is 13.0 Å². The highest BCUT2D eigenvalue weighted by Gasteiger charge is 2.36. The molecule has 3 rings (SSSR count). The second-order valence-corrected chi connectivity index (χ2v) is 8.15. The lowest BCUT2D eigenvalue weighted by Gasteiger charge is -2.26. The Morgan fingerprint density at radius 2 is 2.08 bits per heavy atom. The van der Waals surface area contributed by atoms with Gasteiger partial charge in [-0.1, -0.05) is 62.4 Å². The van der Waals surface area contributed by atoms with Gasteiger partial charge in [-0.2, -0.15) is 0 Å². The van der Waals surface area contributed by atoms with Gasteiger partial charge in [-0.3, -0.25) is 4.79 Å². The van der Waals surface area contributed by atoms with Gasteiger partial charge in [0.05, 0.1) is 13.0 Å². The minimum absolute atomic E-state index is 0.0903. The van der Waals surface area contributed by atoms with Gasteiger partial charge in [0.25, 0.3) is 0 Å². The molecule has 0 aromatic heterocycles. The summed E-state index contributed by atoms with van der Waals surface area (Å²) in [5.41, 5.74) is 3.09. The van der Waals surface area contributed by atoms with Crippen LogP contribution in [0.2, 0.25) is 0 Å². The Balaban J connectivity index is 1.57. The molecule has 3 atom stereocenters. The van der Waals surface area contributed by atoms with Gasteiger partial charge in [-0.05, 0) is 48.6 Å². The van der Waals surface area contributed by atoms with E-state index in [1.165, 1.54) is 12.8 Å². The molecule has 2 aliphatic carbocycles. The predicted molar refractivity (Wildman–Crippen MR) is 98.6 cm³/mol. The van der Waals surface area contributed by atoms with Gasteiger partial charge in [0, 0.05) is 5.41 Å². The fraction of sp³-hybridized carbons (Fsp3) is 0.500. The Morgan fingerprint density at radius 1 is 1.29 bits per heavy atom. The number of hydrogen-bond donors (Lipinski definition) is 0. The standard InChI is InChI=1S/C22H28O2/c1-15(2)17-6-5-7-20(12-17)22(3,4)13-21(23)24-14-19-11-16-8-9-18(19)10-16/h5-9,12,16,18-19H,1,10-11,13-14H2,2-4H3. The number of benzene rings is 1. The minimum atomic E-state index is -0.239. The first-order valence-corrected chi connectivity index (χ1v) is 8.95. The highest BCUT2D eigenvalue weighted by Crippen LogP contribution is 2.43. The van der Waals surface area contributed by atoms with Crippen molar-refractivity contribution in [3.05, 3.63) is 54.1 Å². The van der Waals surface area contributed by atoms with E-state index < -0.39 is 0 Å². The summed E-state index contributed by atoms with van der Waals surface area (Å²) in [6, 6.07) is 8.31. The van der Waals surface area contributed by atoms with Crippen molar-refractivity contribution in [1.82, 2.24) is 0 Å². The van der Waals surface area contributed by atoms with Crippen LogP contribution in [0.3, 0.4) is 0 Å². The molecule has 2 aliphatic rings. The van der Waals surface area contributed by atoms with Crippen LogP contribution in [0.25, 0.3) is 5.57 Å². The number of fused-ring (bicyclic) bond motifs is 2. The monoisotopic (exact) mass is 324 g/mol. The Kier molecular flexibility index (Phi) is 4.67. The molecule has 24 heavy (non-hydrogen) atoms. The van der Waals surface area contributed by atoms with Crippen LogP contribution in [0.15, 0.2) is 43.0 Å². The number of allylic oxidation sites excluding steroid dienone is 3. The highest BCUT2D eigenvalue weighted by molar-refractivity contribution is 5.71. The molecule has 0 spiro atoms. The first kappa shape index (κ1) is 17.0. The van der Waals surface area contributed by atoms with E-state index in [-0.39, 0.29) is 11.4 Å². The molecule has 0 heterocycles. The summed E-state index contributed by atoms with van der Waals surface area (Å²) in [5, 5.41) is 0. The molecule has 1 fully saturated rings. The Morgan fingerprint density at radius 3 is 2.71 bits per heavy atom. The zero-order chi connectivity index (χ0) is 17.3. The second-order valence-electron chi connectivity index (χ2n) is 8.15. The van der Waals surface area contributed by atoms with Crippen molar-refractivity contribution in [2.24, 2.45) is 17.8 Å². The van der Waals surface area contributed by atoms with E-state index >= 15 is 0 Å². The third kappa shape index (κ3) is 3.63. The maximum Gasteiger partial charge on any atom is 0.306 e. The van der Waals surface area contributed by atoms with Gasteiger partial charge in [-0.15, -0.1) is 0 Å². The summed E-state index contributed by atoms with van der Waals surface area (Å²) < 4.78 is 5.62. The van der Waals surface area contributed by atoms with Crippen molar-refractivity contribution >= 4 is 11.5 Å². The van der Waals surface area contributed by atoms with Crippen LogP contribution in [0, 0.1) is 17.8 Å². The molecule has 2 bridgehead atoms. The number of hydrogen-bond acceptors (Lipinski definition) is 2. The van der Waals surface area contributed by atoms with E-state index in [0.717, 1.165) is 22.6 Å². The number of ether oxygens (including phenoxy) is 1. The summed E-state index contributed by atoms with van der Waals surface area (Å²) in [6.07, 6.45) is 7.46. The average Bonchev–Trinajstić information content (AvgIpc) is 3.15. The third-order valence-corrected chi connectivity index (χ3v) is 5.60. The van der Waals surface area contributed by atoms with Crippen molar-refractivity contribution in [2.75, 3.05) is 6.61 Å². The third-order valence-electron chi connectivity index (χ3n) is 5.60. The summed E-state index contributed by atoms with van der Waals surface area (Å²) in [5.74, 6) is 1.79. The average molecular weight is 324 g/mol. The molecule has 0 amide bonds.